The summed E-state index contributed by atoms with van der Waals surface area (Å²) in [6.45, 7) is 4.46. The summed E-state index contributed by atoms with van der Waals surface area (Å²) in [5, 5.41) is 9.58. The highest BCUT2D eigenvalue weighted by molar-refractivity contribution is 6.16. The molecule has 0 heterocycles. The molecule has 120 heavy (non-hydrogen) atoms. The first-order valence-electron chi connectivity index (χ1n) is 41.8. The molecule has 0 fully saturated rings. The number of fused-ring (bicyclic) bond motifs is 26. The summed E-state index contributed by atoms with van der Waals surface area (Å²) in [7, 11) is 0. The maximum Gasteiger partial charge on any atom is 0.0726 e. The average Bonchev–Trinajstić information content (AvgIpc) is 1.50. The van der Waals surface area contributed by atoms with E-state index < -0.39 is 10.8 Å². The molecule has 0 radical (unpaired) electrons. The molecule has 562 valence electrons. The quantitative estimate of drug-likeness (QED) is 0.114. The van der Waals surface area contributed by atoms with E-state index in [1.54, 1.807) is 0 Å². The van der Waals surface area contributed by atoms with Crippen LogP contribution in [-0.2, 0) is 10.8 Å². The molecule has 0 bridgehead atoms. The van der Waals surface area contributed by atoms with Crippen LogP contribution in [0.2, 0.25) is 0 Å². The van der Waals surface area contributed by atoms with E-state index in [1.165, 1.54) is 143 Å². The van der Waals surface area contributed by atoms with Gasteiger partial charge in [0.05, 0.1) is 22.2 Å². The lowest BCUT2D eigenvalue weighted by molar-refractivity contribution is 0.795. The van der Waals surface area contributed by atoms with Crippen LogP contribution >= 0.6 is 0 Å². The molecule has 0 aromatic heterocycles. The van der Waals surface area contributed by atoms with Crippen molar-refractivity contribution >= 4 is 111 Å². The van der Waals surface area contributed by atoms with Crippen molar-refractivity contribution in [2.75, 3.05) is 19.6 Å². The molecule has 20 aromatic rings. The zero-order chi connectivity index (χ0) is 79.3. The number of rotatable bonds is 13. The third-order valence-corrected chi connectivity index (χ3v) is 26.4. The number of aryl methyl sites for hydroxylation is 2. The summed E-state index contributed by atoms with van der Waals surface area (Å²) >= 11 is 0. The maximum atomic E-state index is 2.58. The lowest BCUT2D eigenvalue weighted by atomic mass is 9.70. The van der Waals surface area contributed by atoms with Crippen LogP contribution in [0.4, 0.5) is 68.2 Å². The molecule has 4 nitrogen and oxygen atoms in total. The van der Waals surface area contributed by atoms with E-state index in [0.717, 1.165) is 79.4 Å². The second-order valence-corrected chi connectivity index (χ2v) is 32.6. The first kappa shape index (κ1) is 69.0. The van der Waals surface area contributed by atoms with Gasteiger partial charge in [-0.05, 0) is 303 Å². The molecule has 20 aromatic carbocycles. The molecule has 0 aliphatic heterocycles. The Labute approximate surface area is 698 Å². The number of nitrogens with zero attached hydrogens (tertiary/aromatic N) is 4. The van der Waals surface area contributed by atoms with Crippen molar-refractivity contribution in [3.63, 3.8) is 0 Å². The topological polar surface area (TPSA) is 13.0 Å². The monoisotopic (exact) mass is 1530 g/mol. The van der Waals surface area contributed by atoms with E-state index in [9.17, 15) is 0 Å². The molecule has 0 saturated carbocycles. The van der Waals surface area contributed by atoms with E-state index >= 15 is 0 Å². The number of hydrogen-bond donors (Lipinski definition) is 0. The minimum absolute atomic E-state index is 0.642. The van der Waals surface area contributed by atoms with Gasteiger partial charge in [-0.15, -0.1) is 0 Å². The van der Waals surface area contributed by atoms with Crippen LogP contribution in [0.3, 0.4) is 0 Å². The highest BCUT2D eigenvalue weighted by atomic mass is 15.2. The van der Waals surface area contributed by atoms with E-state index in [4.69, 9.17) is 0 Å². The molecule has 24 rings (SSSR count). The van der Waals surface area contributed by atoms with Gasteiger partial charge >= 0.3 is 0 Å². The summed E-state index contributed by atoms with van der Waals surface area (Å²) in [6, 6.07) is 164. The molecular weight excluding hydrogens is 1450 g/mol. The Morgan fingerprint density at radius 2 is 0.492 bits per heavy atom. The number of para-hydroxylation sites is 6. The van der Waals surface area contributed by atoms with Crippen molar-refractivity contribution in [1.29, 1.82) is 0 Å². The van der Waals surface area contributed by atoms with Crippen LogP contribution in [0.25, 0.3) is 98.7 Å². The third-order valence-electron chi connectivity index (χ3n) is 26.4. The predicted octanol–water partition coefficient (Wildman–Crippen LogP) is 31.1. The smallest absolute Gasteiger partial charge is 0.0726 e. The largest absolute Gasteiger partial charge is 0.310 e. The Kier molecular flexibility index (Phi) is 15.6. The zero-order valence-electron chi connectivity index (χ0n) is 66.4. The Hall–Kier alpha value is -15.4. The van der Waals surface area contributed by atoms with Gasteiger partial charge < -0.3 is 19.6 Å². The predicted molar refractivity (Wildman–Crippen MR) is 503 cm³/mol. The first-order valence-corrected chi connectivity index (χ1v) is 41.8. The van der Waals surface area contributed by atoms with Crippen LogP contribution in [0.1, 0.15) is 55.6 Å². The van der Waals surface area contributed by atoms with Crippen molar-refractivity contribution in [2.24, 2.45) is 0 Å². The minimum Gasteiger partial charge on any atom is -0.310 e. The molecular formula is C116H78N4. The molecule has 4 heteroatoms. The van der Waals surface area contributed by atoms with Gasteiger partial charge in [0.25, 0.3) is 0 Å². The Balaban J connectivity index is 0.643. The van der Waals surface area contributed by atoms with Crippen LogP contribution in [0.15, 0.2) is 437 Å². The number of anilines is 12. The highest BCUT2D eigenvalue weighted by Crippen LogP contribution is 2.68. The summed E-state index contributed by atoms with van der Waals surface area (Å²) in [6.07, 6.45) is 0. The van der Waals surface area contributed by atoms with Crippen molar-refractivity contribution in [3.05, 3.63) is 492 Å². The average molecular weight is 1530 g/mol. The van der Waals surface area contributed by atoms with Crippen LogP contribution in [-0.4, -0.2) is 0 Å². The van der Waals surface area contributed by atoms with Crippen LogP contribution < -0.4 is 19.6 Å². The standard InChI is InChI=1S/C116H78N4/c1-75-32-15-29-56-109(75)119(86-41-13-6-14-42-86)90-65-61-80-70-100-106(72-82(80)68-90)116(103-54-27-23-46-93(103)94-47-24-28-55-104(94)116)108-74-112(96-49-18-20-51-98(96)114(100)108)120(110-57-30-16-33-76(110)2)87-62-58-77(59-63-87)78-34-31-43-88(66-78)117(83-35-7-3-8-36-83)89-64-60-79-69-99-105(71-81(79)67-89)115(101-52-25-21-44-91(101)92-45-22-26-53-102(92)115)107-73-111(95-48-17-19-50-97(95)113(99)107)118(84-37-9-4-10-38-84)85-39-11-5-12-40-85/h3-74H,1-2H3. The van der Waals surface area contributed by atoms with Crippen molar-refractivity contribution < 1.29 is 0 Å². The summed E-state index contributed by atoms with van der Waals surface area (Å²) < 4.78 is 0. The van der Waals surface area contributed by atoms with Crippen molar-refractivity contribution in [1.82, 2.24) is 0 Å². The van der Waals surface area contributed by atoms with E-state index in [2.05, 4.69) is 470 Å². The minimum atomic E-state index is -0.663. The summed E-state index contributed by atoms with van der Waals surface area (Å²) in [5.41, 5.74) is 37.2. The second kappa shape index (κ2) is 27.1. The van der Waals surface area contributed by atoms with Gasteiger partial charge in [-0.2, -0.15) is 0 Å². The lowest BCUT2D eigenvalue weighted by Crippen LogP contribution is -2.26. The molecule has 2 spiro atoms. The molecule has 4 aliphatic carbocycles. The van der Waals surface area contributed by atoms with E-state index in [-0.39, 0.29) is 0 Å². The summed E-state index contributed by atoms with van der Waals surface area (Å²) in [4.78, 5) is 9.85. The SMILES string of the molecule is Cc1ccccc1N(c1ccccc1)c1ccc2cc3c(cc2c1)C1(c2ccccc2-c2ccccc21)c1cc(N(c2ccc(-c4cccc(N(c5ccccc5)c5ccc6cc7c(cc6c5)C5(c6ccccc6-c6ccccc65)c5cc(N(c6ccccc6)c6ccccc6)c6ccccc6c5-7)c4)cc2)c2ccccc2C)c2ccccc2c1-3. The molecule has 0 unspecified atom stereocenters. The Morgan fingerprint density at radius 1 is 0.167 bits per heavy atom. The molecule has 0 atom stereocenters. The van der Waals surface area contributed by atoms with Crippen LogP contribution in [0, 0.1) is 13.8 Å². The third kappa shape index (κ3) is 10.2. The Bertz CT molecular complexity index is 7450. The van der Waals surface area contributed by atoms with E-state index in [1.807, 2.05) is 0 Å². The van der Waals surface area contributed by atoms with Gasteiger partial charge in [-0.1, -0.05) is 291 Å². The van der Waals surface area contributed by atoms with Gasteiger partial charge in [0.1, 0.15) is 0 Å². The fraction of sp³-hybridized carbons (Fsp3) is 0.0345. The van der Waals surface area contributed by atoms with Gasteiger partial charge in [-0.3, -0.25) is 0 Å². The number of benzene rings is 20. The van der Waals surface area contributed by atoms with Gasteiger partial charge in [0.15, 0.2) is 0 Å². The first-order chi connectivity index (χ1) is 59.4. The Morgan fingerprint density at radius 3 is 0.933 bits per heavy atom. The molecule has 0 N–H and O–H groups in total. The van der Waals surface area contributed by atoms with Crippen LogP contribution in [0.5, 0.6) is 0 Å². The highest BCUT2D eigenvalue weighted by Gasteiger charge is 2.55. The second-order valence-electron chi connectivity index (χ2n) is 32.6. The normalized spacial score (nSPS) is 13.1. The lowest BCUT2D eigenvalue weighted by Gasteiger charge is -2.33. The zero-order valence-corrected chi connectivity index (χ0v) is 66.4. The van der Waals surface area contributed by atoms with Crippen molar-refractivity contribution in [2.45, 2.75) is 24.7 Å². The van der Waals surface area contributed by atoms with Gasteiger partial charge in [0.2, 0.25) is 0 Å². The van der Waals surface area contributed by atoms with E-state index in [0.29, 0.717) is 0 Å². The van der Waals surface area contributed by atoms with Gasteiger partial charge in [0, 0.05) is 67.6 Å². The maximum absolute atomic E-state index is 2.58. The fourth-order valence-electron chi connectivity index (χ4n) is 21.3. The molecule has 4 aliphatic rings. The molecule has 0 saturated heterocycles. The van der Waals surface area contributed by atoms with Crippen molar-refractivity contribution in [3.8, 4) is 55.6 Å². The van der Waals surface area contributed by atoms with Gasteiger partial charge in [-0.25, -0.2) is 0 Å². The number of hydrogen-bond acceptors (Lipinski definition) is 4. The summed E-state index contributed by atoms with van der Waals surface area (Å²) in [5.74, 6) is 0. The fourth-order valence-corrected chi connectivity index (χ4v) is 21.3. The molecule has 0 amide bonds.